The Kier molecular flexibility index (Phi) is 9.36. The van der Waals surface area contributed by atoms with Gasteiger partial charge in [-0.25, -0.2) is 0 Å². The van der Waals surface area contributed by atoms with Gasteiger partial charge in [0.05, 0.1) is 6.54 Å². The number of carbonyl (C=O) groups excluding carboxylic acids is 3. The topological polar surface area (TPSA) is 79.0 Å². The van der Waals surface area contributed by atoms with Crippen molar-refractivity contribution in [3.05, 3.63) is 24.9 Å². The zero-order valence-electron chi connectivity index (χ0n) is 15.1. The monoisotopic (exact) mass is 351 g/mol. The quantitative estimate of drug-likeness (QED) is 0.548. The zero-order chi connectivity index (χ0) is 18.7. The maximum Gasteiger partial charge on any atom is 0.302 e. The van der Waals surface area contributed by atoms with Crippen LogP contribution in [0.4, 0.5) is 0 Å². The molecule has 0 aromatic carbocycles. The first-order valence-corrected chi connectivity index (χ1v) is 8.68. The third kappa shape index (κ3) is 8.37. The van der Waals surface area contributed by atoms with Crippen molar-refractivity contribution >= 4 is 17.8 Å². The van der Waals surface area contributed by atoms with Crippen molar-refractivity contribution in [1.29, 1.82) is 0 Å². The molecule has 0 aromatic heterocycles. The smallest absolute Gasteiger partial charge is 0.302 e. The Bertz CT molecular complexity index is 505. The zero-order valence-corrected chi connectivity index (χ0v) is 15.1. The number of esters is 1. The molecule has 7 heteroatoms. The van der Waals surface area contributed by atoms with Crippen LogP contribution in [0, 0.1) is 0 Å². The number of ether oxygens (including phenoxy) is 1. The fourth-order valence-electron chi connectivity index (χ4n) is 2.69. The molecule has 140 valence electrons. The summed E-state index contributed by atoms with van der Waals surface area (Å²) in [4.78, 5) is 36.2. The van der Waals surface area contributed by atoms with E-state index in [2.05, 4.69) is 23.4 Å². The molecule has 7 nitrogen and oxygen atoms in total. The molecule has 2 aliphatic heterocycles. The van der Waals surface area contributed by atoms with Crippen LogP contribution in [0.2, 0.25) is 0 Å². The highest BCUT2D eigenvalue weighted by atomic mass is 16.5. The van der Waals surface area contributed by atoms with Gasteiger partial charge in [0.1, 0.15) is 6.61 Å². The van der Waals surface area contributed by atoms with Gasteiger partial charge in [-0.3, -0.25) is 14.4 Å². The van der Waals surface area contributed by atoms with Gasteiger partial charge in [-0.05, 0) is 25.3 Å². The number of likely N-dealkylation sites (tertiary alicyclic amines) is 2. The summed E-state index contributed by atoms with van der Waals surface area (Å²) in [6.45, 7) is 13.0. The molecule has 2 rings (SSSR count). The van der Waals surface area contributed by atoms with Crippen LogP contribution in [0.15, 0.2) is 24.9 Å². The van der Waals surface area contributed by atoms with Gasteiger partial charge in [0.2, 0.25) is 11.8 Å². The fraction of sp³-hybridized carbons (Fsp3) is 0.611. The lowest BCUT2D eigenvalue weighted by atomic mass is 10.3. The molecular weight excluding hydrogens is 322 g/mol. The van der Waals surface area contributed by atoms with Crippen LogP contribution >= 0.6 is 0 Å². The number of amides is 2. The van der Waals surface area contributed by atoms with Crippen molar-refractivity contribution < 1.29 is 19.1 Å². The Morgan fingerprint density at radius 3 is 2.40 bits per heavy atom. The van der Waals surface area contributed by atoms with Crippen molar-refractivity contribution in [2.24, 2.45) is 0 Å². The summed E-state index contributed by atoms with van der Waals surface area (Å²) in [5.41, 5.74) is 1.17. The Labute approximate surface area is 149 Å². The van der Waals surface area contributed by atoms with Crippen LogP contribution in [0.25, 0.3) is 0 Å². The third-order valence-corrected chi connectivity index (χ3v) is 4.04. The fourth-order valence-corrected chi connectivity index (χ4v) is 2.69. The minimum absolute atomic E-state index is 0.188. The van der Waals surface area contributed by atoms with Gasteiger partial charge < -0.3 is 19.9 Å². The predicted molar refractivity (Wildman–Crippen MR) is 95.6 cm³/mol. The van der Waals surface area contributed by atoms with E-state index >= 15 is 0 Å². The van der Waals surface area contributed by atoms with E-state index in [4.69, 9.17) is 4.74 Å². The van der Waals surface area contributed by atoms with Crippen LogP contribution in [-0.2, 0) is 19.1 Å². The Morgan fingerprint density at radius 1 is 1.20 bits per heavy atom. The Balaban J connectivity index is 0.000000251. The highest BCUT2D eigenvalue weighted by molar-refractivity contribution is 5.86. The second-order valence-electron chi connectivity index (χ2n) is 5.98. The molecule has 0 aromatic rings. The normalized spacial score (nSPS) is 16.4. The number of nitrogens with one attached hydrogen (secondary N) is 1. The number of rotatable bonds is 7. The number of nitrogens with zero attached hydrogens (tertiary/aromatic N) is 2. The molecule has 2 heterocycles. The molecule has 2 fully saturated rings. The van der Waals surface area contributed by atoms with Gasteiger partial charge in [0.15, 0.2) is 0 Å². The number of hydrogen-bond acceptors (Lipinski definition) is 5. The largest absolute Gasteiger partial charge is 0.464 e. The van der Waals surface area contributed by atoms with Crippen LogP contribution in [0.5, 0.6) is 0 Å². The number of carbonyl (C=O) groups is 3. The second-order valence-corrected chi connectivity index (χ2v) is 5.98. The molecule has 0 aliphatic carbocycles. The molecule has 0 atom stereocenters. The van der Waals surface area contributed by atoms with E-state index in [1.807, 2.05) is 0 Å². The third-order valence-electron chi connectivity index (χ3n) is 4.04. The van der Waals surface area contributed by atoms with E-state index in [1.54, 1.807) is 4.90 Å². The molecule has 2 saturated heterocycles. The lowest BCUT2D eigenvalue weighted by molar-refractivity contribution is -0.141. The molecule has 0 unspecified atom stereocenters. The summed E-state index contributed by atoms with van der Waals surface area (Å²) in [7, 11) is 0. The highest BCUT2D eigenvalue weighted by Crippen LogP contribution is 2.17. The van der Waals surface area contributed by atoms with Crippen molar-refractivity contribution in [2.75, 3.05) is 39.3 Å². The Hall–Kier alpha value is -2.31. The van der Waals surface area contributed by atoms with Gasteiger partial charge in [-0.15, -0.1) is 0 Å². The Morgan fingerprint density at radius 2 is 1.88 bits per heavy atom. The van der Waals surface area contributed by atoms with Crippen LogP contribution in [-0.4, -0.2) is 66.9 Å². The first kappa shape index (κ1) is 20.7. The van der Waals surface area contributed by atoms with Gasteiger partial charge in [-0.2, -0.15) is 0 Å². The van der Waals surface area contributed by atoms with Gasteiger partial charge in [-0.1, -0.05) is 13.2 Å². The van der Waals surface area contributed by atoms with Gasteiger partial charge in [0.25, 0.3) is 0 Å². The maximum atomic E-state index is 11.1. The van der Waals surface area contributed by atoms with E-state index in [0.29, 0.717) is 26.1 Å². The number of hydrogen-bond donors (Lipinski definition) is 1. The standard InChI is InChI=1S/C9H14N2O2.C9H15NO2/c1-2-8(12)10-5-7-11-6-3-4-9(11)13;1-8-4-3-5-10(8)6-7-12-9(2)11/h2H,1,3-7H2,(H,10,12);1,3-7H2,2H3. The van der Waals surface area contributed by atoms with Crippen molar-refractivity contribution in [3.63, 3.8) is 0 Å². The average molecular weight is 351 g/mol. The van der Waals surface area contributed by atoms with Crippen LogP contribution in [0.3, 0.4) is 0 Å². The lowest BCUT2D eigenvalue weighted by Gasteiger charge is -2.18. The van der Waals surface area contributed by atoms with Crippen molar-refractivity contribution in [3.8, 4) is 0 Å². The van der Waals surface area contributed by atoms with Gasteiger partial charge in [0, 0.05) is 45.2 Å². The minimum Gasteiger partial charge on any atom is -0.464 e. The predicted octanol–water partition coefficient (Wildman–Crippen LogP) is 1.07. The lowest BCUT2D eigenvalue weighted by Crippen LogP contribution is -2.34. The van der Waals surface area contributed by atoms with Crippen LogP contribution < -0.4 is 5.32 Å². The first-order valence-electron chi connectivity index (χ1n) is 8.68. The molecule has 0 saturated carbocycles. The molecular formula is C18H29N3O4. The van der Waals surface area contributed by atoms with E-state index in [1.165, 1.54) is 25.1 Å². The summed E-state index contributed by atoms with van der Waals surface area (Å²) >= 11 is 0. The van der Waals surface area contributed by atoms with E-state index in [0.717, 1.165) is 32.5 Å². The number of allylic oxidation sites excluding steroid dienone is 1. The van der Waals surface area contributed by atoms with E-state index in [-0.39, 0.29) is 17.8 Å². The highest BCUT2D eigenvalue weighted by Gasteiger charge is 2.19. The summed E-state index contributed by atoms with van der Waals surface area (Å²) in [5, 5.41) is 2.63. The molecule has 25 heavy (non-hydrogen) atoms. The SMILES string of the molecule is C=C1CCCN1CCOC(C)=O.C=CC(=O)NCCN1CCCC1=O. The summed E-state index contributed by atoms with van der Waals surface area (Å²) < 4.78 is 4.83. The van der Waals surface area contributed by atoms with Gasteiger partial charge >= 0.3 is 5.97 Å². The maximum absolute atomic E-state index is 11.1. The van der Waals surface area contributed by atoms with Crippen molar-refractivity contribution in [1.82, 2.24) is 15.1 Å². The first-order chi connectivity index (χ1) is 11.9. The van der Waals surface area contributed by atoms with E-state index in [9.17, 15) is 14.4 Å². The summed E-state index contributed by atoms with van der Waals surface area (Å²) in [6.07, 6.45) is 5.08. The molecule has 2 amide bonds. The van der Waals surface area contributed by atoms with Crippen molar-refractivity contribution in [2.45, 2.75) is 32.6 Å². The van der Waals surface area contributed by atoms with E-state index < -0.39 is 0 Å². The van der Waals surface area contributed by atoms with Crippen LogP contribution in [0.1, 0.15) is 32.6 Å². The minimum atomic E-state index is -0.209. The molecule has 1 N–H and O–H groups in total. The molecule has 0 spiro atoms. The summed E-state index contributed by atoms with van der Waals surface area (Å²) in [5.74, 6) is -0.209. The molecule has 0 radical (unpaired) electrons. The second kappa shape index (κ2) is 11.3. The average Bonchev–Trinajstić information content (AvgIpc) is 3.16. The molecule has 0 bridgehead atoms. The summed E-state index contributed by atoms with van der Waals surface area (Å²) in [6, 6.07) is 0. The molecule has 2 aliphatic rings.